The van der Waals surface area contributed by atoms with E-state index in [4.69, 9.17) is 0 Å². The third-order valence-electron chi connectivity index (χ3n) is 2.14. The maximum Gasteiger partial charge on any atom is 0.159 e. The van der Waals surface area contributed by atoms with Crippen molar-refractivity contribution in [3.05, 3.63) is 41.0 Å². The standard InChI is InChI=1S/C10H8F2O/c11-8-4-6-2-1-3-10(13)7(6)5-9(8)12/h1-2,4-5,10,13H,3H2/t10-/m0/s1. The van der Waals surface area contributed by atoms with Crippen LogP contribution in [-0.2, 0) is 0 Å². The molecular formula is C10H8F2O. The zero-order valence-electron chi connectivity index (χ0n) is 6.80. The molecule has 1 aromatic carbocycles. The van der Waals surface area contributed by atoms with Crippen LogP contribution in [0.25, 0.3) is 6.08 Å². The predicted octanol–water partition coefficient (Wildman–Crippen LogP) is 2.42. The van der Waals surface area contributed by atoms with Crippen LogP contribution in [0, 0.1) is 11.6 Å². The van der Waals surface area contributed by atoms with Gasteiger partial charge in [0.25, 0.3) is 0 Å². The first-order chi connectivity index (χ1) is 6.18. The molecule has 1 aromatic rings. The van der Waals surface area contributed by atoms with Crippen molar-refractivity contribution in [2.75, 3.05) is 0 Å². The number of fused-ring (bicyclic) bond motifs is 1. The molecule has 0 saturated heterocycles. The maximum atomic E-state index is 12.8. The van der Waals surface area contributed by atoms with Gasteiger partial charge in [-0.1, -0.05) is 12.2 Å². The summed E-state index contributed by atoms with van der Waals surface area (Å²) in [7, 11) is 0. The summed E-state index contributed by atoms with van der Waals surface area (Å²) >= 11 is 0. The molecule has 0 radical (unpaired) electrons. The second kappa shape index (κ2) is 2.92. The molecule has 1 aliphatic carbocycles. The molecule has 13 heavy (non-hydrogen) atoms. The summed E-state index contributed by atoms with van der Waals surface area (Å²) < 4.78 is 25.5. The molecule has 0 heterocycles. The van der Waals surface area contributed by atoms with Gasteiger partial charge in [0, 0.05) is 0 Å². The number of aliphatic hydroxyl groups is 1. The third-order valence-corrected chi connectivity index (χ3v) is 2.14. The molecule has 2 rings (SSSR count). The lowest BCUT2D eigenvalue weighted by atomic mass is 9.95. The lowest BCUT2D eigenvalue weighted by molar-refractivity contribution is 0.179. The second-order valence-corrected chi connectivity index (χ2v) is 3.05. The predicted molar refractivity (Wildman–Crippen MR) is 45.0 cm³/mol. The third kappa shape index (κ3) is 1.35. The minimum absolute atomic E-state index is 0.456. The lowest BCUT2D eigenvalue weighted by Crippen LogP contribution is -2.04. The van der Waals surface area contributed by atoms with Gasteiger partial charge in [-0.25, -0.2) is 8.78 Å². The fourth-order valence-electron chi connectivity index (χ4n) is 1.46. The van der Waals surface area contributed by atoms with Crippen molar-refractivity contribution >= 4 is 6.08 Å². The first kappa shape index (κ1) is 8.38. The highest BCUT2D eigenvalue weighted by Crippen LogP contribution is 2.29. The van der Waals surface area contributed by atoms with E-state index in [0.717, 1.165) is 12.1 Å². The molecule has 0 unspecified atom stereocenters. The molecule has 3 heteroatoms. The molecule has 0 saturated carbocycles. The summed E-state index contributed by atoms with van der Waals surface area (Å²) in [5.74, 6) is -1.79. The zero-order valence-corrected chi connectivity index (χ0v) is 6.80. The molecule has 1 atom stereocenters. The van der Waals surface area contributed by atoms with Crippen molar-refractivity contribution in [2.24, 2.45) is 0 Å². The first-order valence-corrected chi connectivity index (χ1v) is 4.02. The van der Waals surface area contributed by atoms with Crippen LogP contribution in [0.2, 0.25) is 0 Å². The van der Waals surface area contributed by atoms with Crippen molar-refractivity contribution in [3.8, 4) is 0 Å². The van der Waals surface area contributed by atoms with E-state index in [-0.39, 0.29) is 0 Å². The van der Waals surface area contributed by atoms with Crippen LogP contribution < -0.4 is 0 Å². The van der Waals surface area contributed by atoms with Crippen molar-refractivity contribution in [3.63, 3.8) is 0 Å². The van der Waals surface area contributed by atoms with Crippen LogP contribution >= 0.6 is 0 Å². The second-order valence-electron chi connectivity index (χ2n) is 3.05. The highest BCUT2D eigenvalue weighted by atomic mass is 19.2. The molecule has 1 aliphatic rings. The first-order valence-electron chi connectivity index (χ1n) is 4.02. The summed E-state index contributed by atoms with van der Waals surface area (Å²) in [4.78, 5) is 0. The smallest absolute Gasteiger partial charge is 0.159 e. The summed E-state index contributed by atoms with van der Waals surface area (Å²) in [5, 5.41) is 9.44. The Kier molecular flexibility index (Phi) is 1.88. The van der Waals surface area contributed by atoms with Gasteiger partial charge in [0.1, 0.15) is 0 Å². The fraction of sp³-hybridized carbons (Fsp3) is 0.200. The quantitative estimate of drug-likeness (QED) is 0.653. The van der Waals surface area contributed by atoms with E-state index >= 15 is 0 Å². The minimum atomic E-state index is -0.909. The Balaban J connectivity index is 2.60. The Labute approximate surface area is 74.3 Å². The zero-order chi connectivity index (χ0) is 9.42. The van der Waals surface area contributed by atoms with Gasteiger partial charge < -0.3 is 5.11 Å². The van der Waals surface area contributed by atoms with E-state index in [1.54, 1.807) is 12.2 Å². The lowest BCUT2D eigenvalue weighted by Gasteiger charge is -2.16. The largest absolute Gasteiger partial charge is 0.388 e. The molecule has 0 spiro atoms. The van der Waals surface area contributed by atoms with Gasteiger partial charge in [0.15, 0.2) is 11.6 Å². The Hall–Kier alpha value is -1.22. The van der Waals surface area contributed by atoms with Gasteiger partial charge in [0.05, 0.1) is 6.10 Å². The van der Waals surface area contributed by atoms with Crippen molar-refractivity contribution in [1.82, 2.24) is 0 Å². The van der Waals surface area contributed by atoms with E-state index in [0.29, 0.717) is 17.5 Å². The van der Waals surface area contributed by atoms with Crippen LogP contribution in [0.3, 0.4) is 0 Å². The van der Waals surface area contributed by atoms with E-state index < -0.39 is 17.7 Å². The molecule has 0 bridgehead atoms. The van der Waals surface area contributed by atoms with Crippen LogP contribution in [0.15, 0.2) is 18.2 Å². The fourth-order valence-corrected chi connectivity index (χ4v) is 1.46. The molecule has 0 amide bonds. The van der Waals surface area contributed by atoms with Gasteiger partial charge in [-0.05, 0) is 29.7 Å². The summed E-state index contributed by atoms with van der Waals surface area (Å²) in [6.45, 7) is 0. The summed E-state index contributed by atoms with van der Waals surface area (Å²) in [6.07, 6.45) is 3.17. The van der Waals surface area contributed by atoms with E-state index in [2.05, 4.69) is 0 Å². The average molecular weight is 182 g/mol. The van der Waals surface area contributed by atoms with Gasteiger partial charge in [0.2, 0.25) is 0 Å². The number of aliphatic hydroxyl groups excluding tert-OH is 1. The van der Waals surface area contributed by atoms with E-state index in [9.17, 15) is 13.9 Å². The molecular weight excluding hydrogens is 174 g/mol. The number of benzene rings is 1. The number of rotatable bonds is 0. The normalized spacial score (nSPS) is 20.1. The molecule has 1 N–H and O–H groups in total. The number of hydrogen-bond acceptors (Lipinski definition) is 1. The summed E-state index contributed by atoms with van der Waals surface area (Å²) in [6, 6.07) is 2.16. The topological polar surface area (TPSA) is 20.2 Å². The van der Waals surface area contributed by atoms with Gasteiger partial charge in [-0.2, -0.15) is 0 Å². The SMILES string of the molecule is O[C@H]1CC=Cc2cc(F)c(F)cc21. The monoisotopic (exact) mass is 182 g/mol. The van der Waals surface area contributed by atoms with E-state index in [1.165, 1.54) is 0 Å². The maximum absolute atomic E-state index is 12.8. The Morgan fingerprint density at radius 3 is 2.69 bits per heavy atom. The molecule has 0 aliphatic heterocycles. The van der Waals surface area contributed by atoms with Crippen molar-refractivity contribution in [1.29, 1.82) is 0 Å². The average Bonchev–Trinajstić information content (AvgIpc) is 2.09. The highest BCUT2D eigenvalue weighted by Gasteiger charge is 2.16. The van der Waals surface area contributed by atoms with Gasteiger partial charge in [-0.3, -0.25) is 0 Å². The summed E-state index contributed by atoms with van der Waals surface area (Å²) in [5.41, 5.74) is 1.01. The van der Waals surface area contributed by atoms with Gasteiger partial charge in [-0.15, -0.1) is 0 Å². The van der Waals surface area contributed by atoms with Crippen molar-refractivity contribution < 1.29 is 13.9 Å². The van der Waals surface area contributed by atoms with Crippen LogP contribution in [0.5, 0.6) is 0 Å². The molecule has 1 nitrogen and oxygen atoms in total. The Bertz CT molecular complexity index is 371. The van der Waals surface area contributed by atoms with Crippen LogP contribution in [0.4, 0.5) is 8.78 Å². The minimum Gasteiger partial charge on any atom is -0.388 e. The van der Waals surface area contributed by atoms with Crippen molar-refractivity contribution in [2.45, 2.75) is 12.5 Å². The van der Waals surface area contributed by atoms with Crippen LogP contribution in [-0.4, -0.2) is 5.11 Å². The highest BCUT2D eigenvalue weighted by molar-refractivity contribution is 5.57. The molecule has 0 fully saturated rings. The van der Waals surface area contributed by atoms with Crippen LogP contribution in [0.1, 0.15) is 23.7 Å². The number of hydrogen-bond donors (Lipinski definition) is 1. The molecule has 0 aromatic heterocycles. The Morgan fingerprint density at radius 1 is 1.23 bits per heavy atom. The van der Waals surface area contributed by atoms with E-state index in [1.807, 2.05) is 0 Å². The molecule has 68 valence electrons. The van der Waals surface area contributed by atoms with Gasteiger partial charge >= 0.3 is 0 Å². The Morgan fingerprint density at radius 2 is 1.92 bits per heavy atom. The number of halogens is 2.